The molecule has 0 saturated carbocycles. The average molecular weight is 375 g/mol. The van der Waals surface area contributed by atoms with Gasteiger partial charge in [-0.3, -0.25) is 9.59 Å². The lowest BCUT2D eigenvalue weighted by Gasteiger charge is -2.13. The van der Waals surface area contributed by atoms with Gasteiger partial charge in [-0.05, 0) is 19.8 Å². The summed E-state index contributed by atoms with van der Waals surface area (Å²) in [5.41, 5.74) is 0. The number of unbranched alkanes of at least 4 members (excludes halogenated alkanes) is 10. The zero-order chi connectivity index (χ0) is 18.8. The number of ether oxygens (including phenoxy) is 2. The SMILES string of the molecule is CCCCCCCCC(=O)OCC(C)OC(=O)CCCCCCCC.O. The van der Waals surface area contributed by atoms with Gasteiger partial charge in [-0.2, -0.15) is 0 Å². The van der Waals surface area contributed by atoms with E-state index in [4.69, 9.17) is 9.47 Å². The molecular weight excluding hydrogens is 332 g/mol. The van der Waals surface area contributed by atoms with Gasteiger partial charge >= 0.3 is 11.9 Å². The molecule has 5 heteroatoms. The van der Waals surface area contributed by atoms with Crippen molar-refractivity contribution >= 4 is 11.9 Å². The summed E-state index contributed by atoms with van der Waals surface area (Å²) in [7, 11) is 0. The highest BCUT2D eigenvalue weighted by Crippen LogP contribution is 2.09. The molecule has 5 nitrogen and oxygen atoms in total. The second-order valence-corrected chi connectivity index (χ2v) is 7.02. The molecule has 0 aromatic rings. The van der Waals surface area contributed by atoms with Gasteiger partial charge in [0.05, 0.1) is 0 Å². The lowest BCUT2D eigenvalue weighted by atomic mass is 10.1. The first-order valence-electron chi connectivity index (χ1n) is 10.4. The molecule has 0 fully saturated rings. The van der Waals surface area contributed by atoms with Crippen LogP contribution in [-0.2, 0) is 19.1 Å². The van der Waals surface area contributed by atoms with E-state index in [-0.39, 0.29) is 30.1 Å². The van der Waals surface area contributed by atoms with E-state index in [1.54, 1.807) is 6.92 Å². The Kier molecular flexibility index (Phi) is 21.1. The number of carbonyl (C=O) groups excluding carboxylic acids is 2. The van der Waals surface area contributed by atoms with Crippen molar-refractivity contribution in [2.45, 2.75) is 117 Å². The third kappa shape index (κ3) is 19.2. The summed E-state index contributed by atoms with van der Waals surface area (Å²) in [6, 6.07) is 0. The van der Waals surface area contributed by atoms with Crippen LogP contribution in [0.15, 0.2) is 0 Å². The van der Waals surface area contributed by atoms with Crippen molar-refractivity contribution in [1.82, 2.24) is 0 Å². The minimum Gasteiger partial charge on any atom is -0.462 e. The molecule has 1 atom stereocenters. The van der Waals surface area contributed by atoms with Crippen LogP contribution in [0.4, 0.5) is 0 Å². The van der Waals surface area contributed by atoms with Gasteiger partial charge < -0.3 is 14.9 Å². The summed E-state index contributed by atoms with van der Waals surface area (Å²) in [4.78, 5) is 23.4. The first-order valence-corrected chi connectivity index (χ1v) is 10.4. The zero-order valence-electron chi connectivity index (χ0n) is 17.3. The van der Waals surface area contributed by atoms with Crippen LogP contribution >= 0.6 is 0 Å². The van der Waals surface area contributed by atoms with Crippen LogP contribution in [0.5, 0.6) is 0 Å². The number of rotatable bonds is 17. The fourth-order valence-corrected chi connectivity index (χ4v) is 2.70. The molecule has 0 spiro atoms. The number of carbonyl (C=O) groups is 2. The Labute approximate surface area is 160 Å². The van der Waals surface area contributed by atoms with E-state index in [0.29, 0.717) is 12.8 Å². The van der Waals surface area contributed by atoms with Gasteiger partial charge in [0, 0.05) is 12.8 Å². The van der Waals surface area contributed by atoms with Gasteiger partial charge in [0.2, 0.25) is 0 Å². The number of esters is 2. The van der Waals surface area contributed by atoms with E-state index in [9.17, 15) is 9.59 Å². The Hall–Kier alpha value is -1.10. The van der Waals surface area contributed by atoms with E-state index in [1.807, 2.05) is 0 Å². The Bertz CT molecular complexity index is 330. The third-order valence-corrected chi connectivity index (χ3v) is 4.28. The number of hydrogen-bond acceptors (Lipinski definition) is 4. The molecule has 0 aliphatic carbocycles. The second kappa shape index (κ2) is 20.2. The summed E-state index contributed by atoms with van der Waals surface area (Å²) in [5, 5.41) is 0. The molecule has 0 aromatic carbocycles. The predicted molar refractivity (Wildman–Crippen MR) is 106 cm³/mol. The van der Waals surface area contributed by atoms with Crippen molar-refractivity contribution in [3.8, 4) is 0 Å². The van der Waals surface area contributed by atoms with Gasteiger partial charge in [-0.25, -0.2) is 0 Å². The summed E-state index contributed by atoms with van der Waals surface area (Å²) < 4.78 is 10.5. The highest BCUT2D eigenvalue weighted by Gasteiger charge is 2.12. The first kappa shape index (κ1) is 27.1. The highest BCUT2D eigenvalue weighted by molar-refractivity contribution is 5.70. The molecule has 26 heavy (non-hydrogen) atoms. The van der Waals surface area contributed by atoms with Crippen molar-refractivity contribution in [2.75, 3.05) is 6.61 Å². The van der Waals surface area contributed by atoms with Gasteiger partial charge in [-0.1, -0.05) is 78.1 Å². The van der Waals surface area contributed by atoms with Crippen molar-refractivity contribution < 1.29 is 24.5 Å². The minimum atomic E-state index is -0.360. The summed E-state index contributed by atoms with van der Waals surface area (Å²) in [6.45, 7) is 6.33. The van der Waals surface area contributed by atoms with E-state index in [2.05, 4.69) is 13.8 Å². The molecule has 0 aliphatic heterocycles. The van der Waals surface area contributed by atoms with E-state index >= 15 is 0 Å². The summed E-state index contributed by atoms with van der Waals surface area (Å²) in [5.74, 6) is -0.371. The first-order chi connectivity index (χ1) is 12.1. The molecule has 0 aliphatic rings. The molecule has 0 amide bonds. The van der Waals surface area contributed by atoms with Crippen LogP contribution in [0.25, 0.3) is 0 Å². The molecule has 0 aromatic heterocycles. The molecule has 0 saturated heterocycles. The normalized spacial score (nSPS) is 11.5. The van der Waals surface area contributed by atoms with Crippen molar-refractivity contribution in [3.05, 3.63) is 0 Å². The van der Waals surface area contributed by atoms with Crippen LogP contribution in [0.1, 0.15) is 111 Å². The Balaban J connectivity index is 0. The lowest BCUT2D eigenvalue weighted by Crippen LogP contribution is -2.22. The number of hydrogen-bond donors (Lipinski definition) is 0. The van der Waals surface area contributed by atoms with Crippen LogP contribution in [-0.4, -0.2) is 30.1 Å². The fraction of sp³-hybridized carbons (Fsp3) is 0.905. The van der Waals surface area contributed by atoms with E-state index in [1.165, 1.54) is 51.4 Å². The molecule has 0 bridgehead atoms. The van der Waals surface area contributed by atoms with Crippen LogP contribution in [0.2, 0.25) is 0 Å². The fourth-order valence-electron chi connectivity index (χ4n) is 2.70. The van der Waals surface area contributed by atoms with Gasteiger partial charge in [0.25, 0.3) is 0 Å². The maximum Gasteiger partial charge on any atom is 0.306 e. The minimum absolute atomic E-state index is 0. The average Bonchev–Trinajstić information content (AvgIpc) is 2.59. The topological polar surface area (TPSA) is 84.1 Å². The largest absolute Gasteiger partial charge is 0.462 e. The quantitative estimate of drug-likeness (QED) is 0.261. The molecule has 0 heterocycles. The third-order valence-electron chi connectivity index (χ3n) is 4.28. The van der Waals surface area contributed by atoms with Crippen molar-refractivity contribution in [3.63, 3.8) is 0 Å². The summed E-state index contributed by atoms with van der Waals surface area (Å²) in [6.07, 6.45) is 14.4. The Morgan fingerprint density at radius 1 is 0.692 bits per heavy atom. The molecule has 2 N–H and O–H groups in total. The van der Waals surface area contributed by atoms with Crippen LogP contribution < -0.4 is 0 Å². The Morgan fingerprint density at radius 3 is 1.62 bits per heavy atom. The van der Waals surface area contributed by atoms with Gasteiger partial charge in [0.15, 0.2) is 0 Å². The van der Waals surface area contributed by atoms with E-state index in [0.717, 1.165) is 25.7 Å². The van der Waals surface area contributed by atoms with Crippen LogP contribution in [0, 0.1) is 0 Å². The smallest absolute Gasteiger partial charge is 0.306 e. The van der Waals surface area contributed by atoms with Crippen molar-refractivity contribution in [1.29, 1.82) is 0 Å². The predicted octanol–water partition coefficient (Wildman–Crippen LogP) is 5.14. The molecule has 0 rings (SSSR count). The molecule has 0 radical (unpaired) electrons. The standard InChI is InChI=1S/C21H40O4.H2O/c1-4-6-8-10-12-14-16-20(22)24-18-19(3)25-21(23)17-15-13-11-9-7-5-2;/h19H,4-18H2,1-3H3;1H2. The molecule has 1 unspecified atom stereocenters. The lowest BCUT2D eigenvalue weighted by molar-refractivity contribution is -0.158. The molecular formula is C21H42O5. The highest BCUT2D eigenvalue weighted by atomic mass is 16.6. The second-order valence-electron chi connectivity index (χ2n) is 7.02. The van der Waals surface area contributed by atoms with E-state index < -0.39 is 0 Å². The Morgan fingerprint density at radius 2 is 1.12 bits per heavy atom. The zero-order valence-corrected chi connectivity index (χ0v) is 17.3. The molecule has 156 valence electrons. The van der Waals surface area contributed by atoms with Gasteiger partial charge in [-0.15, -0.1) is 0 Å². The maximum absolute atomic E-state index is 11.7. The summed E-state index contributed by atoms with van der Waals surface area (Å²) >= 11 is 0. The monoisotopic (exact) mass is 374 g/mol. The van der Waals surface area contributed by atoms with Crippen molar-refractivity contribution in [2.24, 2.45) is 0 Å². The van der Waals surface area contributed by atoms with Gasteiger partial charge in [0.1, 0.15) is 12.7 Å². The van der Waals surface area contributed by atoms with Crippen LogP contribution in [0.3, 0.4) is 0 Å². The maximum atomic E-state index is 11.7.